The lowest BCUT2D eigenvalue weighted by Crippen LogP contribution is -2.14. The molecule has 17 heavy (non-hydrogen) atoms. The summed E-state index contributed by atoms with van der Waals surface area (Å²) in [5, 5.41) is 0. The highest BCUT2D eigenvalue weighted by Crippen LogP contribution is 2.19. The molecule has 0 fully saturated rings. The Bertz CT molecular complexity index is 523. The Labute approximate surface area is 99.5 Å². The standard InChI is InChI=1S/C13H14FN3/c1-8-5-10(3-4-11(8)14)13(15)12-7-16-9(2)6-17-12/h3-7,13H,15H2,1-2H3. The van der Waals surface area contributed by atoms with E-state index in [-0.39, 0.29) is 11.9 Å². The van der Waals surface area contributed by atoms with Crippen molar-refractivity contribution in [2.24, 2.45) is 5.73 Å². The molecule has 0 aliphatic carbocycles. The molecule has 0 spiro atoms. The summed E-state index contributed by atoms with van der Waals surface area (Å²) in [6.45, 7) is 3.58. The lowest BCUT2D eigenvalue weighted by Gasteiger charge is -2.12. The Hall–Kier alpha value is -1.81. The van der Waals surface area contributed by atoms with E-state index in [0.29, 0.717) is 11.3 Å². The van der Waals surface area contributed by atoms with Crippen LogP contribution >= 0.6 is 0 Å². The summed E-state index contributed by atoms with van der Waals surface area (Å²) in [6, 6.07) is 4.46. The molecule has 2 N–H and O–H groups in total. The first kappa shape index (κ1) is 11.7. The number of benzene rings is 1. The maximum atomic E-state index is 13.1. The van der Waals surface area contributed by atoms with Crippen molar-refractivity contribution >= 4 is 0 Å². The van der Waals surface area contributed by atoms with Gasteiger partial charge in [0.2, 0.25) is 0 Å². The van der Waals surface area contributed by atoms with Crippen LogP contribution < -0.4 is 5.73 Å². The van der Waals surface area contributed by atoms with Gasteiger partial charge in [0.1, 0.15) is 5.82 Å². The maximum Gasteiger partial charge on any atom is 0.126 e. The molecule has 1 heterocycles. The minimum absolute atomic E-state index is 0.226. The van der Waals surface area contributed by atoms with Crippen LogP contribution in [0.4, 0.5) is 4.39 Å². The molecular formula is C13H14FN3. The van der Waals surface area contributed by atoms with E-state index in [0.717, 1.165) is 11.3 Å². The molecule has 0 saturated heterocycles. The average molecular weight is 231 g/mol. The third-order valence-electron chi connectivity index (χ3n) is 2.66. The van der Waals surface area contributed by atoms with E-state index in [1.54, 1.807) is 31.5 Å². The van der Waals surface area contributed by atoms with Gasteiger partial charge in [-0.25, -0.2) is 4.39 Å². The maximum absolute atomic E-state index is 13.1. The highest BCUT2D eigenvalue weighted by atomic mass is 19.1. The third kappa shape index (κ3) is 2.47. The van der Waals surface area contributed by atoms with E-state index < -0.39 is 0 Å². The molecule has 2 aromatic rings. The minimum Gasteiger partial charge on any atom is -0.319 e. The zero-order chi connectivity index (χ0) is 12.4. The summed E-state index contributed by atoms with van der Waals surface area (Å²) in [7, 11) is 0. The van der Waals surface area contributed by atoms with E-state index in [1.807, 2.05) is 6.92 Å². The first-order valence-electron chi connectivity index (χ1n) is 5.38. The van der Waals surface area contributed by atoms with Gasteiger partial charge < -0.3 is 5.73 Å². The predicted molar refractivity (Wildman–Crippen MR) is 63.9 cm³/mol. The van der Waals surface area contributed by atoms with E-state index in [9.17, 15) is 4.39 Å². The zero-order valence-corrected chi connectivity index (χ0v) is 9.81. The highest BCUT2D eigenvalue weighted by molar-refractivity contribution is 5.30. The monoisotopic (exact) mass is 231 g/mol. The predicted octanol–water partition coefficient (Wildman–Crippen LogP) is 2.28. The fourth-order valence-electron chi connectivity index (χ4n) is 1.60. The number of hydrogen-bond acceptors (Lipinski definition) is 3. The van der Waals surface area contributed by atoms with Crippen molar-refractivity contribution in [3.05, 3.63) is 58.9 Å². The summed E-state index contributed by atoms with van der Waals surface area (Å²) in [6.07, 6.45) is 3.32. The molecule has 1 atom stereocenters. The van der Waals surface area contributed by atoms with Gasteiger partial charge in [0, 0.05) is 6.20 Å². The lowest BCUT2D eigenvalue weighted by molar-refractivity contribution is 0.616. The molecule has 0 radical (unpaired) electrons. The van der Waals surface area contributed by atoms with Crippen molar-refractivity contribution in [2.45, 2.75) is 19.9 Å². The first-order chi connectivity index (χ1) is 8.08. The van der Waals surface area contributed by atoms with Gasteiger partial charge in [0.05, 0.1) is 23.6 Å². The van der Waals surface area contributed by atoms with Crippen LogP contribution in [0.15, 0.2) is 30.6 Å². The second-order valence-electron chi connectivity index (χ2n) is 4.07. The quantitative estimate of drug-likeness (QED) is 0.862. The number of nitrogens with two attached hydrogens (primary N) is 1. The Morgan fingerprint density at radius 1 is 1.18 bits per heavy atom. The van der Waals surface area contributed by atoms with E-state index in [4.69, 9.17) is 5.73 Å². The van der Waals surface area contributed by atoms with Crippen molar-refractivity contribution in [3.63, 3.8) is 0 Å². The van der Waals surface area contributed by atoms with E-state index in [1.165, 1.54) is 6.07 Å². The molecule has 1 unspecified atom stereocenters. The van der Waals surface area contributed by atoms with Crippen LogP contribution in [0, 0.1) is 19.7 Å². The van der Waals surface area contributed by atoms with Crippen molar-refractivity contribution in [1.29, 1.82) is 0 Å². The van der Waals surface area contributed by atoms with Gasteiger partial charge in [-0.15, -0.1) is 0 Å². The van der Waals surface area contributed by atoms with Crippen LogP contribution in [0.25, 0.3) is 0 Å². The fraction of sp³-hybridized carbons (Fsp3) is 0.231. The molecular weight excluding hydrogens is 217 g/mol. The topological polar surface area (TPSA) is 51.8 Å². The molecule has 0 amide bonds. The molecule has 0 aliphatic heterocycles. The summed E-state index contributed by atoms with van der Waals surface area (Å²) in [5.74, 6) is -0.226. The van der Waals surface area contributed by atoms with Gasteiger partial charge in [-0.05, 0) is 31.0 Å². The molecule has 0 saturated carbocycles. The van der Waals surface area contributed by atoms with Crippen LogP contribution in [-0.2, 0) is 0 Å². The summed E-state index contributed by atoms with van der Waals surface area (Å²) < 4.78 is 13.1. The molecule has 3 nitrogen and oxygen atoms in total. The SMILES string of the molecule is Cc1cnc(C(N)c2ccc(F)c(C)c2)cn1. The average Bonchev–Trinajstić information content (AvgIpc) is 2.33. The van der Waals surface area contributed by atoms with Crippen LogP contribution in [0.1, 0.15) is 28.6 Å². The summed E-state index contributed by atoms with van der Waals surface area (Å²) in [4.78, 5) is 8.37. The Kier molecular flexibility index (Phi) is 3.15. The number of nitrogens with zero attached hydrogens (tertiary/aromatic N) is 2. The van der Waals surface area contributed by atoms with Gasteiger partial charge in [-0.1, -0.05) is 12.1 Å². The molecule has 0 aliphatic rings. The molecule has 88 valence electrons. The van der Waals surface area contributed by atoms with Crippen molar-refractivity contribution in [1.82, 2.24) is 9.97 Å². The van der Waals surface area contributed by atoms with E-state index >= 15 is 0 Å². The van der Waals surface area contributed by atoms with Gasteiger partial charge in [0.15, 0.2) is 0 Å². The normalized spacial score (nSPS) is 12.5. The second kappa shape index (κ2) is 4.59. The number of aryl methyl sites for hydroxylation is 2. The Balaban J connectivity index is 2.33. The molecule has 1 aromatic heterocycles. The van der Waals surface area contributed by atoms with Crippen LogP contribution in [-0.4, -0.2) is 9.97 Å². The third-order valence-corrected chi connectivity index (χ3v) is 2.66. The largest absolute Gasteiger partial charge is 0.319 e. The van der Waals surface area contributed by atoms with Crippen LogP contribution in [0.2, 0.25) is 0 Å². The minimum atomic E-state index is -0.373. The molecule has 4 heteroatoms. The number of halogens is 1. The van der Waals surface area contributed by atoms with Gasteiger partial charge in [-0.2, -0.15) is 0 Å². The van der Waals surface area contributed by atoms with Crippen molar-refractivity contribution in [2.75, 3.05) is 0 Å². The Morgan fingerprint density at radius 2 is 1.94 bits per heavy atom. The van der Waals surface area contributed by atoms with Gasteiger partial charge >= 0.3 is 0 Å². The summed E-state index contributed by atoms with van der Waals surface area (Å²) in [5.41, 5.74) is 9.00. The van der Waals surface area contributed by atoms with Crippen molar-refractivity contribution < 1.29 is 4.39 Å². The van der Waals surface area contributed by atoms with E-state index in [2.05, 4.69) is 9.97 Å². The fourth-order valence-corrected chi connectivity index (χ4v) is 1.60. The van der Waals surface area contributed by atoms with Gasteiger partial charge in [-0.3, -0.25) is 9.97 Å². The van der Waals surface area contributed by atoms with Gasteiger partial charge in [0.25, 0.3) is 0 Å². The highest BCUT2D eigenvalue weighted by Gasteiger charge is 2.11. The zero-order valence-electron chi connectivity index (χ0n) is 9.81. The summed E-state index contributed by atoms with van der Waals surface area (Å²) >= 11 is 0. The smallest absolute Gasteiger partial charge is 0.126 e. The molecule has 0 bridgehead atoms. The Morgan fingerprint density at radius 3 is 2.53 bits per heavy atom. The number of aromatic nitrogens is 2. The van der Waals surface area contributed by atoms with Crippen LogP contribution in [0.3, 0.4) is 0 Å². The molecule has 1 aromatic carbocycles. The van der Waals surface area contributed by atoms with Crippen molar-refractivity contribution in [3.8, 4) is 0 Å². The first-order valence-corrected chi connectivity index (χ1v) is 5.38. The molecule has 2 rings (SSSR count). The second-order valence-corrected chi connectivity index (χ2v) is 4.07. The number of rotatable bonds is 2. The van der Waals surface area contributed by atoms with Crippen LogP contribution in [0.5, 0.6) is 0 Å². The lowest BCUT2D eigenvalue weighted by atomic mass is 10.0. The number of hydrogen-bond donors (Lipinski definition) is 1.